The minimum absolute atomic E-state index is 0.0324. The SMILES string of the molecule is O=C(Oc1ccc([C@@H]2[NH2+][C@@H](C(=O)[O-])CS2)cc1)c1cccs1. The number of carbonyl (C=O) groups excluding carboxylic acids is 2. The lowest BCUT2D eigenvalue weighted by molar-refractivity contribution is -0.690. The van der Waals surface area contributed by atoms with Crippen molar-refractivity contribution in [3.05, 3.63) is 52.2 Å². The lowest BCUT2D eigenvalue weighted by Crippen LogP contribution is -2.90. The van der Waals surface area contributed by atoms with Gasteiger partial charge in [-0.1, -0.05) is 17.8 Å². The van der Waals surface area contributed by atoms with Crippen molar-refractivity contribution in [3.63, 3.8) is 0 Å². The van der Waals surface area contributed by atoms with Crippen LogP contribution in [0.4, 0.5) is 0 Å². The van der Waals surface area contributed by atoms with E-state index in [9.17, 15) is 14.7 Å². The predicted molar refractivity (Wildman–Crippen MR) is 81.6 cm³/mol. The van der Waals surface area contributed by atoms with Crippen LogP contribution in [0.2, 0.25) is 0 Å². The van der Waals surface area contributed by atoms with Gasteiger partial charge < -0.3 is 20.0 Å². The van der Waals surface area contributed by atoms with Crippen molar-refractivity contribution in [1.82, 2.24) is 0 Å². The van der Waals surface area contributed by atoms with Crippen LogP contribution < -0.4 is 15.2 Å². The molecule has 1 saturated heterocycles. The summed E-state index contributed by atoms with van der Waals surface area (Å²) < 4.78 is 5.29. The average Bonchev–Trinajstić information content (AvgIpc) is 3.20. The van der Waals surface area contributed by atoms with Crippen LogP contribution in [0.3, 0.4) is 0 Å². The van der Waals surface area contributed by atoms with Gasteiger partial charge in [-0.15, -0.1) is 11.3 Å². The molecule has 0 saturated carbocycles. The number of thioether (sulfide) groups is 1. The summed E-state index contributed by atoms with van der Waals surface area (Å²) in [4.78, 5) is 23.3. The summed E-state index contributed by atoms with van der Waals surface area (Å²) >= 11 is 2.90. The zero-order valence-corrected chi connectivity index (χ0v) is 13.1. The van der Waals surface area contributed by atoms with E-state index in [0.29, 0.717) is 16.4 Å². The molecule has 0 unspecified atom stereocenters. The van der Waals surface area contributed by atoms with Gasteiger partial charge in [-0.2, -0.15) is 0 Å². The van der Waals surface area contributed by atoms with E-state index in [1.165, 1.54) is 11.3 Å². The van der Waals surface area contributed by atoms with Gasteiger partial charge in [0.05, 0.1) is 5.75 Å². The summed E-state index contributed by atoms with van der Waals surface area (Å²) in [6.45, 7) is 0. The minimum Gasteiger partial charge on any atom is -0.544 e. The number of rotatable bonds is 4. The van der Waals surface area contributed by atoms with Gasteiger partial charge in [0.1, 0.15) is 22.6 Å². The maximum absolute atomic E-state index is 11.8. The Balaban J connectivity index is 1.63. The Hall–Kier alpha value is -1.83. The molecule has 1 aliphatic rings. The van der Waals surface area contributed by atoms with Gasteiger partial charge in [0.15, 0.2) is 5.37 Å². The van der Waals surface area contributed by atoms with E-state index in [1.807, 2.05) is 17.5 Å². The first-order valence-corrected chi connectivity index (χ1v) is 8.59. The molecule has 0 spiro atoms. The number of esters is 1. The summed E-state index contributed by atoms with van der Waals surface area (Å²) in [7, 11) is 0. The van der Waals surface area contributed by atoms with Gasteiger partial charge in [-0.3, -0.25) is 0 Å². The molecule has 0 bridgehead atoms. The number of hydrogen-bond acceptors (Lipinski definition) is 6. The lowest BCUT2D eigenvalue weighted by Gasteiger charge is -2.11. The van der Waals surface area contributed by atoms with Gasteiger partial charge in [0, 0.05) is 5.56 Å². The Kier molecular flexibility index (Phi) is 4.47. The topological polar surface area (TPSA) is 83.0 Å². The fraction of sp³-hybridized carbons (Fsp3) is 0.200. The molecule has 1 fully saturated rings. The molecule has 22 heavy (non-hydrogen) atoms. The zero-order valence-electron chi connectivity index (χ0n) is 11.4. The summed E-state index contributed by atoms with van der Waals surface area (Å²) in [5.41, 5.74) is 0.990. The fourth-order valence-corrected chi connectivity index (χ4v) is 4.07. The minimum atomic E-state index is -1.03. The van der Waals surface area contributed by atoms with E-state index in [0.717, 1.165) is 5.56 Å². The van der Waals surface area contributed by atoms with Gasteiger partial charge in [0.25, 0.3) is 0 Å². The molecule has 1 aromatic carbocycles. The molecule has 114 valence electrons. The highest BCUT2D eigenvalue weighted by Crippen LogP contribution is 2.28. The largest absolute Gasteiger partial charge is 0.544 e. The third kappa shape index (κ3) is 3.32. The van der Waals surface area contributed by atoms with Crippen LogP contribution in [0.5, 0.6) is 5.75 Å². The number of ether oxygens (including phenoxy) is 1. The maximum atomic E-state index is 11.8. The first kappa shape index (κ1) is 15.1. The number of carbonyl (C=O) groups is 2. The Morgan fingerprint density at radius 1 is 1.23 bits per heavy atom. The van der Waals surface area contributed by atoms with Crippen molar-refractivity contribution in [2.75, 3.05) is 5.75 Å². The normalized spacial score (nSPS) is 20.7. The molecule has 2 aromatic rings. The molecule has 2 atom stereocenters. The second kappa shape index (κ2) is 6.51. The first-order chi connectivity index (χ1) is 10.6. The molecule has 2 N–H and O–H groups in total. The number of thiophene rings is 1. The lowest BCUT2D eigenvalue weighted by atomic mass is 10.2. The summed E-state index contributed by atoms with van der Waals surface area (Å²) in [5, 5.41) is 14.5. The van der Waals surface area contributed by atoms with Crippen LogP contribution in [0.1, 0.15) is 20.6 Å². The number of carboxylic acids is 1. The number of benzene rings is 1. The van der Waals surface area contributed by atoms with Crippen LogP contribution >= 0.6 is 23.1 Å². The van der Waals surface area contributed by atoms with E-state index >= 15 is 0 Å². The number of carboxylic acid groups (broad SMARTS) is 1. The van der Waals surface area contributed by atoms with Crippen molar-refractivity contribution >= 4 is 35.0 Å². The van der Waals surface area contributed by atoms with Crippen molar-refractivity contribution < 1.29 is 24.7 Å². The van der Waals surface area contributed by atoms with Crippen molar-refractivity contribution in [1.29, 1.82) is 0 Å². The molecule has 0 radical (unpaired) electrons. The van der Waals surface area contributed by atoms with Crippen molar-refractivity contribution in [2.45, 2.75) is 11.4 Å². The smallest absolute Gasteiger partial charge is 0.353 e. The third-order valence-electron chi connectivity index (χ3n) is 3.31. The van der Waals surface area contributed by atoms with Crippen molar-refractivity contribution in [2.24, 2.45) is 0 Å². The summed E-state index contributed by atoms with van der Waals surface area (Å²) in [6, 6.07) is 10.2. The maximum Gasteiger partial charge on any atom is 0.353 e. The molecule has 5 nitrogen and oxygen atoms in total. The fourth-order valence-electron chi connectivity index (χ4n) is 2.16. The van der Waals surface area contributed by atoms with Crippen molar-refractivity contribution in [3.8, 4) is 5.75 Å². The average molecular weight is 335 g/mol. The van der Waals surface area contributed by atoms with Gasteiger partial charge in [-0.25, -0.2) is 4.79 Å². The van der Waals surface area contributed by atoms with Gasteiger partial charge in [-0.05, 0) is 35.7 Å². The van der Waals surface area contributed by atoms with Gasteiger partial charge in [0.2, 0.25) is 0 Å². The Bertz CT molecular complexity index is 669. The highest BCUT2D eigenvalue weighted by molar-refractivity contribution is 7.99. The molecule has 0 aliphatic carbocycles. The molecular formula is C15H13NO4S2. The third-order valence-corrected chi connectivity index (χ3v) is 5.50. The van der Waals surface area contributed by atoms with E-state index in [-0.39, 0.29) is 11.3 Å². The number of hydrogen-bond donors (Lipinski definition) is 1. The second-order valence-electron chi connectivity index (χ2n) is 4.81. The number of quaternary nitrogens is 1. The molecule has 1 aliphatic heterocycles. The molecule has 7 heteroatoms. The molecule has 0 amide bonds. The molecular weight excluding hydrogens is 322 g/mol. The Morgan fingerprint density at radius 2 is 2.00 bits per heavy atom. The first-order valence-electron chi connectivity index (χ1n) is 6.66. The monoisotopic (exact) mass is 335 g/mol. The van der Waals surface area contributed by atoms with Crippen LogP contribution in [0.15, 0.2) is 41.8 Å². The molecule has 1 aromatic heterocycles. The number of nitrogens with two attached hydrogens (primary N) is 1. The molecule has 2 heterocycles. The highest BCUT2D eigenvalue weighted by atomic mass is 32.2. The van der Waals surface area contributed by atoms with Gasteiger partial charge >= 0.3 is 5.97 Å². The quantitative estimate of drug-likeness (QED) is 0.646. The van der Waals surface area contributed by atoms with Crippen LogP contribution in [0, 0.1) is 0 Å². The number of aliphatic carboxylic acids is 1. The van der Waals surface area contributed by atoms with E-state index in [2.05, 4.69) is 0 Å². The van der Waals surface area contributed by atoms with Crippen LogP contribution in [-0.2, 0) is 4.79 Å². The summed E-state index contributed by atoms with van der Waals surface area (Å²) in [6.07, 6.45) is 0. The van der Waals surface area contributed by atoms with Crippen LogP contribution in [0.25, 0.3) is 0 Å². The highest BCUT2D eigenvalue weighted by Gasteiger charge is 2.30. The van der Waals surface area contributed by atoms with E-state index in [1.54, 1.807) is 41.3 Å². The predicted octanol–water partition coefficient (Wildman–Crippen LogP) is 0.395. The zero-order chi connectivity index (χ0) is 15.5. The Labute approximate surface area is 135 Å². The second-order valence-corrected chi connectivity index (χ2v) is 6.93. The Morgan fingerprint density at radius 3 is 2.59 bits per heavy atom. The van der Waals surface area contributed by atoms with E-state index in [4.69, 9.17) is 4.74 Å². The van der Waals surface area contributed by atoms with Crippen LogP contribution in [-0.4, -0.2) is 23.7 Å². The van der Waals surface area contributed by atoms with E-state index < -0.39 is 12.0 Å². The standard InChI is InChI=1S/C15H13NO4S2/c17-14(18)11-8-22-13(16-11)9-3-5-10(6-4-9)20-15(19)12-2-1-7-21-12/h1-7,11,13,16H,8H2,(H,17,18)/t11-,13-/m1/s1. The summed E-state index contributed by atoms with van der Waals surface area (Å²) in [5.74, 6) is -0.401. The molecule has 3 rings (SSSR count).